The van der Waals surface area contributed by atoms with Crippen LogP contribution in [0.4, 0.5) is 4.39 Å². The number of ketones is 1. The van der Waals surface area contributed by atoms with Crippen molar-refractivity contribution in [2.45, 2.75) is 18.9 Å². The molecule has 1 saturated heterocycles. The first-order chi connectivity index (χ1) is 15.2. The molecule has 0 spiro atoms. The van der Waals surface area contributed by atoms with Crippen LogP contribution in [0.1, 0.15) is 40.4 Å². The lowest BCUT2D eigenvalue weighted by molar-refractivity contribution is -0.140. The van der Waals surface area contributed by atoms with Gasteiger partial charge in [-0.3, -0.25) is 14.4 Å². The van der Waals surface area contributed by atoms with Crippen LogP contribution in [0.5, 0.6) is 0 Å². The van der Waals surface area contributed by atoms with Crippen LogP contribution in [-0.2, 0) is 19.1 Å². The van der Waals surface area contributed by atoms with Crippen molar-refractivity contribution in [3.05, 3.63) is 76.6 Å². The number of carbonyl (C=O) groups is 4. The van der Waals surface area contributed by atoms with E-state index in [4.69, 9.17) is 5.11 Å². The standard InChI is InChI=1S/C23H20FNO7/c1-32-23(31)15-6-4-13(5-7-15)19-18(20(28)14-8-10-16(24)11-9-14)21(29)22(30)25(19)12-2-3-17(26)27/h4-11,19,28H,2-3,12H2,1H3,(H,26,27)/t19-/m0/s1. The van der Waals surface area contributed by atoms with Gasteiger partial charge < -0.3 is 19.8 Å². The summed E-state index contributed by atoms with van der Waals surface area (Å²) in [5.41, 5.74) is 0.613. The average Bonchev–Trinajstić information content (AvgIpc) is 3.03. The van der Waals surface area contributed by atoms with E-state index in [-0.39, 0.29) is 36.1 Å². The van der Waals surface area contributed by atoms with Crippen LogP contribution in [0.15, 0.2) is 54.1 Å². The van der Waals surface area contributed by atoms with Crippen LogP contribution in [0, 0.1) is 5.82 Å². The van der Waals surface area contributed by atoms with Gasteiger partial charge in [-0.1, -0.05) is 12.1 Å². The maximum Gasteiger partial charge on any atom is 0.337 e. The second kappa shape index (κ2) is 9.42. The average molecular weight is 441 g/mol. The highest BCUT2D eigenvalue weighted by atomic mass is 19.1. The fourth-order valence-electron chi connectivity index (χ4n) is 3.54. The fourth-order valence-corrected chi connectivity index (χ4v) is 3.54. The molecule has 1 atom stereocenters. The van der Waals surface area contributed by atoms with Crippen molar-refractivity contribution >= 4 is 29.4 Å². The second-order valence-corrected chi connectivity index (χ2v) is 7.11. The number of aliphatic hydroxyl groups is 1. The Bertz CT molecular complexity index is 1090. The van der Waals surface area contributed by atoms with Crippen molar-refractivity contribution < 1.29 is 38.5 Å². The predicted molar refractivity (Wildman–Crippen MR) is 110 cm³/mol. The summed E-state index contributed by atoms with van der Waals surface area (Å²) in [5, 5.41) is 19.7. The number of aliphatic hydroxyl groups excluding tert-OH is 1. The molecule has 0 saturated carbocycles. The lowest BCUT2D eigenvalue weighted by Gasteiger charge is -2.25. The van der Waals surface area contributed by atoms with Gasteiger partial charge in [0.05, 0.1) is 24.3 Å². The van der Waals surface area contributed by atoms with Gasteiger partial charge in [-0.15, -0.1) is 0 Å². The molecule has 1 aliphatic heterocycles. The second-order valence-electron chi connectivity index (χ2n) is 7.11. The molecule has 1 aliphatic rings. The maximum absolute atomic E-state index is 13.3. The lowest BCUT2D eigenvalue weighted by atomic mass is 9.94. The summed E-state index contributed by atoms with van der Waals surface area (Å²) in [4.78, 5) is 49.4. The minimum Gasteiger partial charge on any atom is -0.507 e. The molecule has 32 heavy (non-hydrogen) atoms. The van der Waals surface area contributed by atoms with E-state index in [1.807, 2.05) is 0 Å². The van der Waals surface area contributed by atoms with E-state index in [1.165, 1.54) is 48.4 Å². The van der Waals surface area contributed by atoms with Crippen LogP contribution in [0.3, 0.4) is 0 Å². The number of hydrogen-bond donors (Lipinski definition) is 2. The Balaban J connectivity index is 2.09. The number of amides is 1. The number of nitrogens with zero attached hydrogens (tertiary/aromatic N) is 1. The summed E-state index contributed by atoms with van der Waals surface area (Å²) >= 11 is 0. The Kier molecular flexibility index (Phi) is 6.67. The third-order valence-electron chi connectivity index (χ3n) is 5.09. The number of rotatable bonds is 7. The van der Waals surface area contributed by atoms with Gasteiger partial charge in [-0.25, -0.2) is 9.18 Å². The summed E-state index contributed by atoms with van der Waals surface area (Å²) in [5.74, 6) is -4.47. The Morgan fingerprint density at radius 1 is 1.00 bits per heavy atom. The minimum absolute atomic E-state index is 0.0412. The van der Waals surface area contributed by atoms with Gasteiger partial charge in [0.1, 0.15) is 11.6 Å². The van der Waals surface area contributed by atoms with Crippen LogP contribution >= 0.6 is 0 Å². The third kappa shape index (κ3) is 4.51. The smallest absolute Gasteiger partial charge is 0.337 e. The van der Waals surface area contributed by atoms with Gasteiger partial charge in [-0.05, 0) is 48.4 Å². The van der Waals surface area contributed by atoms with Gasteiger partial charge in [0, 0.05) is 18.5 Å². The normalized spacial score (nSPS) is 17.4. The molecule has 2 N–H and O–H groups in total. The Labute approximate surface area is 182 Å². The number of ether oxygens (including phenoxy) is 1. The molecule has 0 radical (unpaired) electrons. The zero-order valence-electron chi connectivity index (χ0n) is 17.1. The van der Waals surface area contributed by atoms with Crippen molar-refractivity contribution in [1.82, 2.24) is 4.90 Å². The highest BCUT2D eigenvalue weighted by molar-refractivity contribution is 6.46. The number of esters is 1. The van der Waals surface area contributed by atoms with Crippen molar-refractivity contribution in [3.8, 4) is 0 Å². The van der Waals surface area contributed by atoms with E-state index in [9.17, 15) is 28.7 Å². The van der Waals surface area contributed by atoms with E-state index < -0.39 is 41.2 Å². The number of likely N-dealkylation sites (tertiary alicyclic amines) is 1. The minimum atomic E-state index is -1.05. The SMILES string of the molecule is COC(=O)c1ccc([C@H]2C(=C(O)c3ccc(F)cc3)C(=O)C(=O)N2CCCC(=O)O)cc1. The Morgan fingerprint density at radius 3 is 2.16 bits per heavy atom. The van der Waals surface area contributed by atoms with Crippen molar-refractivity contribution in [2.24, 2.45) is 0 Å². The van der Waals surface area contributed by atoms with Crippen LogP contribution < -0.4 is 0 Å². The fraction of sp³-hybridized carbons (Fsp3) is 0.217. The molecule has 1 fully saturated rings. The highest BCUT2D eigenvalue weighted by Gasteiger charge is 2.45. The Morgan fingerprint density at radius 2 is 1.59 bits per heavy atom. The number of benzene rings is 2. The number of Topliss-reactive ketones (excluding diaryl/α,β-unsaturated/α-hetero) is 1. The van der Waals surface area contributed by atoms with Gasteiger partial charge in [0.15, 0.2) is 0 Å². The topological polar surface area (TPSA) is 121 Å². The van der Waals surface area contributed by atoms with Crippen LogP contribution in [-0.4, -0.2) is 52.4 Å². The van der Waals surface area contributed by atoms with Crippen LogP contribution in [0.2, 0.25) is 0 Å². The summed E-state index contributed by atoms with van der Waals surface area (Å²) in [6.45, 7) is -0.0412. The summed E-state index contributed by atoms with van der Waals surface area (Å²) < 4.78 is 18.0. The highest BCUT2D eigenvalue weighted by Crippen LogP contribution is 2.39. The van der Waals surface area contributed by atoms with E-state index in [1.54, 1.807) is 0 Å². The van der Waals surface area contributed by atoms with Gasteiger partial charge in [0.2, 0.25) is 0 Å². The van der Waals surface area contributed by atoms with E-state index in [2.05, 4.69) is 4.74 Å². The summed E-state index contributed by atoms with van der Waals surface area (Å²) in [6.07, 6.45) is -0.120. The quantitative estimate of drug-likeness (QED) is 0.293. The van der Waals surface area contributed by atoms with Gasteiger partial charge in [-0.2, -0.15) is 0 Å². The van der Waals surface area contributed by atoms with Crippen molar-refractivity contribution in [3.63, 3.8) is 0 Å². The largest absolute Gasteiger partial charge is 0.507 e. The molecule has 2 aromatic rings. The monoisotopic (exact) mass is 441 g/mol. The number of aliphatic carboxylic acids is 1. The first-order valence-electron chi connectivity index (χ1n) is 9.69. The molecule has 1 heterocycles. The van der Waals surface area contributed by atoms with E-state index in [0.29, 0.717) is 5.56 Å². The van der Waals surface area contributed by atoms with Crippen molar-refractivity contribution in [2.75, 3.05) is 13.7 Å². The molecule has 0 bridgehead atoms. The van der Waals surface area contributed by atoms with E-state index >= 15 is 0 Å². The first-order valence-corrected chi connectivity index (χ1v) is 9.69. The summed E-state index contributed by atoms with van der Waals surface area (Å²) in [6, 6.07) is 9.71. The number of methoxy groups -OCH3 is 1. The number of carboxylic acid groups (broad SMARTS) is 1. The van der Waals surface area contributed by atoms with E-state index in [0.717, 1.165) is 12.1 Å². The molecule has 166 valence electrons. The maximum atomic E-state index is 13.3. The summed E-state index contributed by atoms with van der Waals surface area (Å²) in [7, 11) is 1.23. The molecule has 8 nitrogen and oxygen atoms in total. The number of halogens is 1. The van der Waals surface area contributed by atoms with Gasteiger partial charge in [0.25, 0.3) is 11.7 Å². The Hall–Kier alpha value is -4.01. The predicted octanol–water partition coefficient (Wildman–Crippen LogP) is 2.90. The molecular weight excluding hydrogens is 421 g/mol. The molecule has 0 unspecified atom stereocenters. The number of carbonyl (C=O) groups excluding carboxylic acids is 3. The molecular formula is C23H20FNO7. The molecule has 9 heteroatoms. The molecule has 0 aromatic heterocycles. The zero-order valence-corrected chi connectivity index (χ0v) is 17.1. The lowest BCUT2D eigenvalue weighted by Crippen LogP contribution is -2.31. The molecule has 0 aliphatic carbocycles. The number of carboxylic acids is 1. The molecule has 3 rings (SSSR count). The third-order valence-corrected chi connectivity index (χ3v) is 5.09. The van der Waals surface area contributed by atoms with Crippen LogP contribution in [0.25, 0.3) is 5.76 Å². The number of hydrogen-bond acceptors (Lipinski definition) is 6. The zero-order chi connectivity index (χ0) is 23.4. The van der Waals surface area contributed by atoms with Gasteiger partial charge >= 0.3 is 11.9 Å². The van der Waals surface area contributed by atoms with Crippen molar-refractivity contribution in [1.29, 1.82) is 0 Å². The molecule has 2 aromatic carbocycles. The first kappa shape index (κ1) is 22.7. The molecule has 1 amide bonds.